The maximum atomic E-state index is 12.3. The summed E-state index contributed by atoms with van der Waals surface area (Å²) in [4.78, 5) is 11.9. The number of carbonyl (C=O) groups excluding carboxylic acids is 1. The Morgan fingerprint density at radius 3 is 2.76 bits per heavy atom. The number of carbonyl (C=O) groups is 1. The highest BCUT2D eigenvalue weighted by atomic mass is 19.4. The summed E-state index contributed by atoms with van der Waals surface area (Å²) < 4.78 is 42.0. The van der Waals surface area contributed by atoms with Crippen LogP contribution in [0.3, 0.4) is 0 Å². The molecule has 1 amide bonds. The number of likely N-dealkylation sites (tertiary alicyclic amines) is 1. The molecule has 0 spiro atoms. The normalized spacial score (nSPS) is 18.7. The molecule has 1 aliphatic heterocycles. The zero-order valence-corrected chi connectivity index (χ0v) is 11.3. The Kier molecular flexibility index (Phi) is 4.15. The summed E-state index contributed by atoms with van der Waals surface area (Å²) in [5.41, 5.74) is 0.526. The van der Waals surface area contributed by atoms with Crippen molar-refractivity contribution in [1.29, 1.82) is 0 Å². The van der Waals surface area contributed by atoms with Crippen LogP contribution in [-0.4, -0.2) is 48.3 Å². The lowest BCUT2D eigenvalue weighted by Crippen LogP contribution is -2.40. The topological polar surface area (TPSA) is 61.8 Å². The van der Waals surface area contributed by atoms with Crippen LogP contribution in [0, 0.1) is 0 Å². The van der Waals surface area contributed by atoms with Gasteiger partial charge in [0.05, 0.1) is 7.11 Å². The van der Waals surface area contributed by atoms with Crippen molar-refractivity contribution in [2.24, 2.45) is 0 Å². The molecule has 1 aliphatic rings. The van der Waals surface area contributed by atoms with Crippen molar-refractivity contribution in [3.63, 3.8) is 0 Å². The lowest BCUT2D eigenvalue weighted by Gasteiger charge is -2.19. The second kappa shape index (κ2) is 5.71. The maximum absolute atomic E-state index is 12.3. The summed E-state index contributed by atoms with van der Waals surface area (Å²) in [6.07, 6.45) is -4.44. The number of hydrogen-bond donors (Lipinski definition) is 2. The van der Waals surface area contributed by atoms with Gasteiger partial charge in [-0.2, -0.15) is 13.2 Å². The van der Waals surface area contributed by atoms with E-state index in [9.17, 15) is 23.1 Å². The molecule has 8 heteroatoms. The first-order valence-corrected chi connectivity index (χ1v) is 6.30. The van der Waals surface area contributed by atoms with Crippen LogP contribution >= 0.6 is 0 Å². The van der Waals surface area contributed by atoms with Crippen molar-refractivity contribution < 1.29 is 27.8 Å². The highest BCUT2D eigenvalue weighted by Crippen LogP contribution is 2.27. The number of phenolic OH excluding ortho intramolecular Hbond substituents is 1. The Hall–Kier alpha value is -2.12. The molecule has 0 aromatic heterocycles. The molecule has 1 aromatic carbocycles. The number of hydrogen-bond acceptors (Lipinski definition) is 4. The summed E-state index contributed by atoms with van der Waals surface area (Å²) in [5, 5.41) is 12.5. The Balaban J connectivity index is 2.00. The Morgan fingerprint density at radius 2 is 2.14 bits per heavy atom. The second-order valence-corrected chi connectivity index (χ2v) is 4.80. The fraction of sp³-hybridized carbons (Fsp3) is 0.462. The van der Waals surface area contributed by atoms with Gasteiger partial charge in [0.15, 0.2) is 0 Å². The van der Waals surface area contributed by atoms with E-state index in [1.807, 2.05) is 0 Å². The van der Waals surface area contributed by atoms with Gasteiger partial charge in [0.25, 0.3) is 0 Å². The number of anilines is 1. The number of nitrogens with zero attached hydrogens (tertiary/aromatic N) is 1. The number of aromatic hydroxyl groups is 1. The fourth-order valence-electron chi connectivity index (χ4n) is 2.26. The molecule has 21 heavy (non-hydrogen) atoms. The molecule has 0 bridgehead atoms. The van der Waals surface area contributed by atoms with Crippen LogP contribution in [0.4, 0.5) is 18.9 Å². The highest BCUT2D eigenvalue weighted by molar-refractivity contribution is 5.82. The lowest BCUT2D eigenvalue weighted by atomic mass is 10.2. The third-order valence-corrected chi connectivity index (χ3v) is 3.22. The van der Waals surface area contributed by atoms with Crippen LogP contribution < -0.4 is 10.1 Å². The number of amides is 1. The highest BCUT2D eigenvalue weighted by Gasteiger charge is 2.44. The second-order valence-electron chi connectivity index (χ2n) is 4.80. The zero-order chi connectivity index (χ0) is 15.6. The molecule has 0 aliphatic carbocycles. The molecule has 116 valence electrons. The SMILES string of the molecule is COc1cc(O)cc(NC2CCN(C(=O)C(F)(F)F)C2)c1. The summed E-state index contributed by atoms with van der Waals surface area (Å²) in [6, 6.07) is 4.17. The van der Waals surface area contributed by atoms with Gasteiger partial charge in [-0.25, -0.2) is 0 Å². The Morgan fingerprint density at radius 1 is 1.43 bits per heavy atom. The first kappa shape index (κ1) is 15.3. The van der Waals surface area contributed by atoms with Gasteiger partial charge in [-0.1, -0.05) is 0 Å². The van der Waals surface area contributed by atoms with Gasteiger partial charge in [-0.05, 0) is 6.42 Å². The van der Waals surface area contributed by atoms with Crippen molar-refractivity contribution >= 4 is 11.6 Å². The van der Waals surface area contributed by atoms with Gasteiger partial charge in [-0.15, -0.1) is 0 Å². The van der Waals surface area contributed by atoms with Gasteiger partial charge < -0.3 is 20.1 Å². The molecule has 1 unspecified atom stereocenters. The predicted octanol–water partition coefficient (Wildman–Crippen LogP) is 1.98. The largest absolute Gasteiger partial charge is 0.508 e. The van der Waals surface area contributed by atoms with Gasteiger partial charge >= 0.3 is 12.1 Å². The molecule has 1 saturated heterocycles. The molecule has 0 saturated carbocycles. The standard InChI is InChI=1S/C13H15F3N2O3/c1-21-11-5-9(4-10(19)6-11)17-8-2-3-18(7-8)12(20)13(14,15)16/h4-6,8,17,19H,2-3,7H2,1H3. The van der Waals surface area contributed by atoms with Gasteiger partial charge in [0, 0.05) is 43.0 Å². The van der Waals surface area contributed by atoms with E-state index in [1.165, 1.54) is 19.2 Å². The summed E-state index contributed by atoms with van der Waals surface area (Å²) in [6.45, 7) is 0.0161. The average molecular weight is 304 g/mol. The van der Waals surface area contributed by atoms with Crippen LogP contribution in [0.25, 0.3) is 0 Å². The molecule has 1 aromatic rings. The first-order valence-electron chi connectivity index (χ1n) is 6.30. The van der Waals surface area contributed by atoms with Crippen molar-refractivity contribution in [3.05, 3.63) is 18.2 Å². The molecule has 5 nitrogen and oxygen atoms in total. The summed E-state index contributed by atoms with van der Waals surface area (Å²) in [7, 11) is 1.44. The van der Waals surface area contributed by atoms with Crippen molar-refractivity contribution in [2.75, 3.05) is 25.5 Å². The molecule has 1 fully saturated rings. The molecular weight excluding hydrogens is 289 g/mol. The lowest BCUT2D eigenvalue weighted by molar-refractivity contribution is -0.184. The average Bonchev–Trinajstić information content (AvgIpc) is 2.84. The van der Waals surface area contributed by atoms with Crippen molar-refractivity contribution in [2.45, 2.75) is 18.6 Å². The molecule has 1 heterocycles. The number of nitrogens with one attached hydrogen (secondary N) is 1. The zero-order valence-electron chi connectivity index (χ0n) is 11.3. The minimum atomic E-state index is -4.84. The van der Waals surface area contributed by atoms with E-state index < -0.39 is 12.1 Å². The first-order chi connectivity index (χ1) is 9.79. The van der Waals surface area contributed by atoms with Crippen LogP contribution in [0.2, 0.25) is 0 Å². The number of phenols is 1. The fourth-order valence-corrected chi connectivity index (χ4v) is 2.26. The number of alkyl halides is 3. The number of ether oxygens (including phenoxy) is 1. The summed E-state index contributed by atoms with van der Waals surface area (Å²) in [5.74, 6) is -1.41. The number of methoxy groups -OCH3 is 1. The van der Waals surface area contributed by atoms with Gasteiger partial charge in [-0.3, -0.25) is 4.79 Å². The number of benzene rings is 1. The van der Waals surface area contributed by atoms with E-state index in [-0.39, 0.29) is 24.9 Å². The van der Waals surface area contributed by atoms with Crippen LogP contribution in [0.5, 0.6) is 11.5 Å². The number of halogens is 3. The summed E-state index contributed by atoms with van der Waals surface area (Å²) >= 11 is 0. The van der Waals surface area contributed by atoms with Crippen LogP contribution in [0.15, 0.2) is 18.2 Å². The smallest absolute Gasteiger partial charge is 0.471 e. The Labute approximate surface area is 119 Å². The molecule has 2 N–H and O–H groups in total. The van der Waals surface area contributed by atoms with E-state index in [0.29, 0.717) is 17.9 Å². The molecular formula is C13H15F3N2O3. The third kappa shape index (κ3) is 3.71. The molecule has 2 rings (SSSR count). The van der Waals surface area contributed by atoms with E-state index in [0.717, 1.165) is 4.90 Å². The minimum Gasteiger partial charge on any atom is -0.508 e. The monoisotopic (exact) mass is 304 g/mol. The molecule has 1 atom stereocenters. The van der Waals surface area contributed by atoms with Crippen molar-refractivity contribution in [3.8, 4) is 11.5 Å². The maximum Gasteiger partial charge on any atom is 0.471 e. The van der Waals surface area contributed by atoms with Gasteiger partial charge in [0.1, 0.15) is 11.5 Å². The van der Waals surface area contributed by atoms with E-state index in [1.54, 1.807) is 6.07 Å². The van der Waals surface area contributed by atoms with Crippen LogP contribution in [0.1, 0.15) is 6.42 Å². The van der Waals surface area contributed by atoms with E-state index in [4.69, 9.17) is 4.74 Å². The van der Waals surface area contributed by atoms with Gasteiger partial charge in [0.2, 0.25) is 0 Å². The van der Waals surface area contributed by atoms with Crippen LogP contribution in [-0.2, 0) is 4.79 Å². The van der Waals surface area contributed by atoms with E-state index >= 15 is 0 Å². The number of rotatable bonds is 3. The minimum absolute atomic E-state index is 0.0157. The molecule has 0 radical (unpaired) electrons. The third-order valence-electron chi connectivity index (χ3n) is 3.22. The Bertz CT molecular complexity index is 534. The van der Waals surface area contributed by atoms with E-state index in [2.05, 4.69) is 5.32 Å². The quantitative estimate of drug-likeness (QED) is 0.896. The van der Waals surface area contributed by atoms with Crippen molar-refractivity contribution in [1.82, 2.24) is 4.90 Å². The predicted molar refractivity (Wildman–Crippen MR) is 69.3 cm³/mol.